The lowest BCUT2D eigenvalue weighted by molar-refractivity contribution is -0.139. The van der Waals surface area contributed by atoms with Crippen molar-refractivity contribution in [3.05, 3.63) is 63.1 Å². The highest BCUT2D eigenvalue weighted by Crippen LogP contribution is 2.35. The number of anilines is 1. The Hall–Kier alpha value is -2.00. The van der Waals surface area contributed by atoms with Crippen molar-refractivity contribution in [1.82, 2.24) is 10.2 Å². The topological polar surface area (TPSA) is 86.8 Å². The van der Waals surface area contributed by atoms with Gasteiger partial charge in [0.15, 0.2) is 0 Å². The predicted octanol–water partition coefficient (Wildman–Crippen LogP) is 4.75. The molecule has 2 amide bonds. The molecule has 34 heavy (non-hydrogen) atoms. The van der Waals surface area contributed by atoms with Gasteiger partial charge in [0.05, 0.1) is 27.0 Å². The van der Waals surface area contributed by atoms with E-state index in [2.05, 4.69) is 5.32 Å². The highest BCUT2D eigenvalue weighted by molar-refractivity contribution is 7.92. The lowest BCUT2D eigenvalue weighted by atomic mass is 10.1. The molecule has 186 valence electrons. The summed E-state index contributed by atoms with van der Waals surface area (Å²) in [5, 5.41) is 3.09. The molecule has 0 saturated carbocycles. The zero-order chi connectivity index (χ0) is 25.5. The Bertz CT molecular complexity index is 1110. The first-order chi connectivity index (χ1) is 16.0. The van der Waals surface area contributed by atoms with Gasteiger partial charge in [0.1, 0.15) is 12.6 Å². The summed E-state index contributed by atoms with van der Waals surface area (Å²) < 4.78 is 26.1. The molecule has 0 fully saturated rings. The molecule has 0 bridgehead atoms. The molecular formula is C23H28Cl3N3O4S. The van der Waals surface area contributed by atoms with Crippen molar-refractivity contribution in [1.29, 1.82) is 0 Å². The van der Waals surface area contributed by atoms with Crippen LogP contribution in [0, 0.1) is 0 Å². The summed E-state index contributed by atoms with van der Waals surface area (Å²) >= 11 is 18.3. The molecule has 2 aromatic carbocycles. The van der Waals surface area contributed by atoms with E-state index in [1.165, 1.54) is 17.0 Å². The smallest absolute Gasteiger partial charge is 0.244 e. The maximum Gasteiger partial charge on any atom is 0.244 e. The molecular weight excluding hydrogens is 521 g/mol. The SMILES string of the molecule is CCCCNC(=O)C(C)N(Cc1ccccc1)C(=O)CN(c1cc(Cl)c(Cl)cc1Cl)S(C)(=O)=O. The van der Waals surface area contributed by atoms with Crippen LogP contribution in [0.4, 0.5) is 5.69 Å². The minimum absolute atomic E-state index is 0.0200. The first kappa shape index (κ1) is 28.2. The van der Waals surface area contributed by atoms with Crippen LogP contribution in [-0.2, 0) is 26.2 Å². The van der Waals surface area contributed by atoms with E-state index in [1.807, 2.05) is 37.3 Å². The first-order valence-corrected chi connectivity index (χ1v) is 13.7. The number of unbranched alkanes of at least 4 members (excludes halogenated alkanes) is 1. The molecule has 2 rings (SSSR count). The molecule has 0 aromatic heterocycles. The Kier molecular flexibility index (Phi) is 10.5. The minimum atomic E-state index is -3.94. The number of sulfonamides is 1. The summed E-state index contributed by atoms with van der Waals surface area (Å²) in [5.41, 5.74) is 0.814. The molecule has 7 nitrogen and oxygen atoms in total. The van der Waals surface area contributed by atoms with Crippen LogP contribution in [-0.4, -0.2) is 50.5 Å². The molecule has 0 spiro atoms. The summed E-state index contributed by atoms with van der Waals surface area (Å²) in [6.07, 6.45) is 2.68. The summed E-state index contributed by atoms with van der Waals surface area (Å²) in [7, 11) is -3.94. The number of nitrogens with one attached hydrogen (secondary N) is 1. The Morgan fingerprint density at radius 2 is 1.65 bits per heavy atom. The monoisotopic (exact) mass is 547 g/mol. The molecule has 1 unspecified atom stereocenters. The molecule has 11 heteroatoms. The van der Waals surface area contributed by atoms with E-state index in [1.54, 1.807) is 6.92 Å². The van der Waals surface area contributed by atoms with E-state index >= 15 is 0 Å². The summed E-state index contributed by atoms with van der Waals surface area (Å²) in [4.78, 5) is 27.6. The Labute approximate surface area is 216 Å². The molecule has 0 aliphatic rings. The average molecular weight is 549 g/mol. The standard InChI is InChI=1S/C23H28Cl3N3O4S/c1-4-5-11-27-23(31)16(2)28(14-17-9-7-6-8-10-17)22(30)15-29(34(3,32)33)21-13-19(25)18(24)12-20(21)26/h6-10,12-13,16H,4-5,11,14-15H2,1-3H3,(H,27,31). The number of carbonyl (C=O) groups is 2. The normalized spacial score (nSPS) is 12.2. The number of hydrogen-bond acceptors (Lipinski definition) is 4. The number of benzene rings is 2. The Morgan fingerprint density at radius 3 is 2.24 bits per heavy atom. The third kappa shape index (κ3) is 7.77. The predicted molar refractivity (Wildman–Crippen MR) is 138 cm³/mol. The Balaban J connectivity index is 2.39. The van der Waals surface area contributed by atoms with Crippen molar-refractivity contribution >= 4 is 62.3 Å². The maximum absolute atomic E-state index is 13.5. The van der Waals surface area contributed by atoms with E-state index in [4.69, 9.17) is 34.8 Å². The highest BCUT2D eigenvalue weighted by atomic mass is 35.5. The van der Waals surface area contributed by atoms with Gasteiger partial charge in [-0.15, -0.1) is 0 Å². The summed E-state index contributed by atoms with van der Waals surface area (Å²) in [5.74, 6) is -0.897. The van der Waals surface area contributed by atoms with E-state index < -0.39 is 28.5 Å². The molecule has 0 saturated heterocycles. The second kappa shape index (κ2) is 12.6. The highest BCUT2D eigenvalue weighted by Gasteiger charge is 2.31. The van der Waals surface area contributed by atoms with Crippen LogP contribution in [0.3, 0.4) is 0 Å². The van der Waals surface area contributed by atoms with Crippen LogP contribution < -0.4 is 9.62 Å². The van der Waals surface area contributed by atoms with Crippen LogP contribution >= 0.6 is 34.8 Å². The van der Waals surface area contributed by atoms with E-state index in [0.29, 0.717) is 6.54 Å². The van der Waals surface area contributed by atoms with Crippen LogP contribution in [0.15, 0.2) is 42.5 Å². The van der Waals surface area contributed by atoms with Gasteiger partial charge in [-0.25, -0.2) is 8.42 Å². The van der Waals surface area contributed by atoms with Gasteiger partial charge in [-0.05, 0) is 31.0 Å². The van der Waals surface area contributed by atoms with Gasteiger partial charge >= 0.3 is 0 Å². The molecule has 0 radical (unpaired) electrons. The number of amides is 2. The second-order valence-corrected chi connectivity index (χ2v) is 10.9. The summed E-state index contributed by atoms with van der Waals surface area (Å²) in [6.45, 7) is 3.65. The lowest BCUT2D eigenvalue weighted by Gasteiger charge is -2.31. The molecule has 0 aliphatic carbocycles. The fourth-order valence-corrected chi connectivity index (χ4v) is 4.74. The van der Waals surface area contributed by atoms with Crippen molar-refractivity contribution in [2.45, 2.75) is 39.3 Å². The zero-order valence-electron chi connectivity index (χ0n) is 19.2. The molecule has 2 aromatic rings. The molecule has 0 aliphatic heterocycles. The minimum Gasteiger partial charge on any atom is -0.354 e. The lowest BCUT2D eigenvalue weighted by Crippen LogP contribution is -2.51. The van der Waals surface area contributed by atoms with Gasteiger partial charge < -0.3 is 10.2 Å². The fraction of sp³-hybridized carbons (Fsp3) is 0.391. The second-order valence-electron chi connectivity index (χ2n) is 7.82. The van der Waals surface area contributed by atoms with Crippen LogP contribution in [0.25, 0.3) is 0 Å². The van der Waals surface area contributed by atoms with Gasteiger partial charge in [-0.1, -0.05) is 78.5 Å². The van der Waals surface area contributed by atoms with Crippen molar-refractivity contribution in [2.24, 2.45) is 0 Å². The summed E-state index contributed by atoms with van der Waals surface area (Å²) in [6, 6.07) is 10.9. The number of rotatable bonds is 11. The maximum atomic E-state index is 13.5. The van der Waals surface area contributed by atoms with Crippen LogP contribution in [0.5, 0.6) is 0 Å². The zero-order valence-corrected chi connectivity index (χ0v) is 22.3. The van der Waals surface area contributed by atoms with Gasteiger partial charge in [-0.2, -0.15) is 0 Å². The van der Waals surface area contributed by atoms with Crippen LogP contribution in [0.1, 0.15) is 32.3 Å². The van der Waals surface area contributed by atoms with Crippen molar-refractivity contribution < 1.29 is 18.0 Å². The Morgan fingerprint density at radius 1 is 1.03 bits per heavy atom. The van der Waals surface area contributed by atoms with E-state index in [0.717, 1.165) is 29.0 Å². The first-order valence-electron chi connectivity index (χ1n) is 10.7. The number of halogens is 3. The number of carbonyl (C=O) groups excluding carboxylic acids is 2. The van der Waals surface area contributed by atoms with Gasteiger partial charge in [0.25, 0.3) is 0 Å². The number of nitrogens with zero attached hydrogens (tertiary/aromatic N) is 2. The largest absolute Gasteiger partial charge is 0.354 e. The third-order valence-corrected chi connectivity index (χ3v) is 7.28. The third-order valence-electron chi connectivity index (χ3n) is 5.13. The van der Waals surface area contributed by atoms with Crippen molar-refractivity contribution in [3.8, 4) is 0 Å². The van der Waals surface area contributed by atoms with Crippen molar-refractivity contribution in [3.63, 3.8) is 0 Å². The van der Waals surface area contributed by atoms with Gasteiger partial charge in [0.2, 0.25) is 21.8 Å². The molecule has 0 heterocycles. The van der Waals surface area contributed by atoms with Crippen molar-refractivity contribution in [2.75, 3.05) is 23.7 Å². The van der Waals surface area contributed by atoms with E-state index in [9.17, 15) is 18.0 Å². The molecule has 1 N–H and O–H groups in total. The van der Waals surface area contributed by atoms with Gasteiger partial charge in [0, 0.05) is 13.1 Å². The molecule has 1 atom stereocenters. The van der Waals surface area contributed by atoms with Gasteiger partial charge in [-0.3, -0.25) is 13.9 Å². The quantitative estimate of drug-likeness (QED) is 0.324. The number of hydrogen-bond donors (Lipinski definition) is 1. The fourth-order valence-electron chi connectivity index (χ4n) is 3.20. The average Bonchev–Trinajstić information content (AvgIpc) is 2.78. The van der Waals surface area contributed by atoms with E-state index in [-0.39, 0.29) is 33.2 Å². The van der Waals surface area contributed by atoms with Crippen LogP contribution in [0.2, 0.25) is 15.1 Å².